The summed E-state index contributed by atoms with van der Waals surface area (Å²) in [5.74, 6) is -0.816. The van der Waals surface area contributed by atoms with Gasteiger partial charge < -0.3 is 35.1 Å². The van der Waals surface area contributed by atoms with Crippen molar-refractivity contribution < 1.29 is 33.4 Å². The molecule has 0 aliphatic carbocycles. The van der Waals surface area contributed by atoms with Crippen molar-refractivity contribution in [3.63, 3.8) is 0 Å². The Balaban J connectivity index is 1.32. The molecule has 4 amide bonds. The van der Waals surface area contributed by atoms with E-state index in [1.807, 2.05) is 61.5 Å². The van der Waals surface area contributed by atoms with E-state index in [-0.39, 0.29) is 50.1 Å². The maximum atomic E-state index is 14.0. The minimum absolute atomic E-state index is 0.108. The number of nitrogens with one attached hydrogen (secondary N) is 3. The summed E-state index contributed by atoms with van der Waals surface area (Å²) in [4.78, 5) is 56.4. The largest absolute Gasteiger partial charge is 0.491 e. The predicted octanol–water partition coefficient (Wildman–Crippen LogP) is 3.80. The third kappa shape index (κ3) is 10.5. The molecule has 0 radical (unpaired) electrons. The minimum atomic E-state index is -1.22. The molecule has 260 valence electrons. The van der Waals surface area contributed by atoms with Gasteiger partial charge in [0, 0.05) is 26.1 Å². The number of benzene rings is 3. The van der Waals surface area contributed by atoms with Crippen LogP contribution in [0.4, 0.5) is 0 Å². The lowest BCUT2D eigenvalue weighted by Gasteiger charge is -2.29. The average Bonchev–Trinajstić information content (AvgIpc) is 3.65. The van der Waals surface area contributed by atoms with Gasteiger partial charge in [0.25, 0.3) is 5.91 Å². The van der Waals surface area contributed by atoms with Gasteiger partial charge in [0.1, 0.15) is 36.8 Å². The van der Waals surface area contributed by atoms with E-state index in [2.05, 4.69) is 16.0 Å². The highest BCUT2D eigenvalue weighted by Gasteiger charge is 2.31. The topological polar surface area (TPSA) is 135 Å². The van der Waals surface area contributed by atoms with Gasteiger partial charge in [-0.25, -0.2) is 0 Å². The summed E-state index contributed by atoms with van der Waals surface area (Å²) in [5, 5.41) is 8.47. The van der Waals surface area contributed by atoms with Crippen LogP contribution in [-0.4, -0.2) is 79.6 Å². The van der Waals surface area contributed by atoms with E-state index >= 15 is 0 Å². The number of unbranched alkanes of at least 4 members (excludes halogenated alkanes) is 1. The van der Waals surface area contributed by atoms with Crippen LogP contribution in [0.5, 0.6) is 11.5 Å². The first kappa shape index (κ1) is 35.4. The molecule has 3 atom stereocenters. The standard InChI is InChI=1S/C38H46N4O7/c1-2-3-19-42-20-22-48-34-14-8-7-13-31(34)36(44)41-32(24-35(43)40-33(38(42)46)23-27-10-5-4-6-11-27)37(45)39-25-28-15-17-29(18-16-28)49-26-30-12-9-21-47-30/h4-8,10-11,13-18,30,32-33H,2-3,9,12,19-26H2,1H3,(H,39,45)(H,40,43)(H,41,44)/t30?,32-,33-/m0/s1. The molecule has 0 spiro atoms. The molecule has 5 rings (SSSR count). The van der Waals surface area contributed by atoms with Gasteiger partial charge in [0.2, 0.25) is 17.7 Å². The van der Waals surface area contributed by atoms with Gasteiger partial charge >= 0.3 is 0 Å². The van der Waals surface area contributed by atoms with Crippen molar-refractivity contribution in [2.45, 2.75) is 70.2 Å². The molecule has 0 aromatic heterocycles. The molecule has 11 nitrogen and oxygen atoms in total. The number of para-hydroxylation sites is 1. The average molecular weight is 671 g/mol. The van der Waals surface area contributed by atoms with E-state index in [0.29, 0.717) is 24.7 Å². The highest BCUT2D eigenvalue weighted by atomic mass is 16.5. The monoisotopic (exact) mass is 670 g/mol. The molecule has 1 fully saturated rings. The Morgan fingerprint density at radius 1 is 0.939 bits per heavy atom. The summed E-state index contributed by atoms with van der Waals surface area (Å²) in [7, 11) is 0. The SMILES string of the molecule is CCCCN1CCOc2ccccc2C(=O)N[C@H](C(=O)NCc2ccc(OCC3CCCO3)cc2)CC(=O)N[C@@H](Cc2ccccc2)C1=O. The van der Waals surface area contributed by atoms with Crippen LogP contribution in [-0.2, 0) is 32.1 Å². The molecule has 2 heterocycles. The summed E-state index contributed by atoms with van der Waals surface area (Å²) in [6, 6.07) is 21.5. The van der Waals surface area contributed by atoms with Crippen LogP contribution in [0.1, 0.15) is 60.5 Å². The fourth-order valence-corrected chi connectivity index (χ4v) is 5.86. The smallest absolute Gasteiger partial charge is 0.255 e. The first-order chi connectivity index (χ1) is 23.9. The second kappa shape index (κ2) is 18.0. The first-order valence-corrected chi connectivity index (χ1v) is 17.2. The Labute approximate surface area is 287 Å². The van der Waals surface area contributed by atoms with Crippen LogP contribution in [0.15, 0.2) is 78.9 Å². The molecule has 3 aromatic rings. The van der Waals surface area contributed by atoms with Crippen LogP contribution in [0.25, 0.3) is 0 Å². The van der Waals surface area contributed by atoms with Gasteiger partial charge in [-0.15, -0.1) is 0 Å². The van der Waals surface area contributed by atoms with Crippen LogP contribution in [0, 0.1) is 0 Å². The summed E-state index contributed by atoms with van der Waals surface area (Å²) in [6.45, 7) is 4.39. The van der Waals surface area contributed by atoms with E-state index < -0.39 is 29.8 Å². The van der Waals surface area contributed by atoms with Gasteiger partial charge in [-0.2, -0.15) is 0 Å². The van der Waals surface area contributed by atoms with Crippen LogP contribution in [0.3, 0.4) is 0 Å². The van der Waals surface area contributed by atoms with Gasteiger partial charge in [0.05, 0.1) is 24.6 Å². The first-order valence-electron chi connectivity index (χ1n) is 17.2. The van der Waals surface area contributed by atoms with Crippen molar-refractivity contribution in [2.75, 3.05) is 32.9 Å². The van der Waals surface area contributed by atoms with Crippen molar-refractivity contribution in [2.24, 2.45) is 0 Å². The van der Waals surface area contributed by atoms with E-state index in [9.17, 15) is 19.2 Å². The zero-order valence-electron chi connectivity index (χ0n) is 28.0. The highest BCUT2D eigenvalue weighted by molar-refractivity contribution is 6.01. The number of carbonyl (C=O) groups excluding carboxylic acids is 4. The van der Waals surface area contributed by atoms with Crippen LogP contribution < -0.4 is 25.4 Å². The second-order valence-electron chi connectivity index (χ2n) is 12.4. The van der Waals surface area contributed by atoms with Crippen LogP contribution in [0.2, 0.25) is 0 Å². The molecule has 2 aliphatic heterocycles. The molecule has 0 bridgehead atoms. The number of nitrogens with zero attached hydrogens (tertiary/aromatic N) is 1. The summed E-state index contributed by atoms with van der Waals surface area (Å²) >= 11 is 0. The number of rotatable bonds is 11. The quantitative estimate of drug-likeness (QED) is 0.283. The summed E-state index contributed by atoms with van der Waals surface area (Å²) < 4.78 is 17.5. The molecule has 1 unspecified atom stereocenters. The molecule has 3 aromatic carbocycles. The van der Waals surface area contributed by atoms with Gasteiger partial charge in [-0.3, -0.25) is 19.2 Å². The lowest BCUT2D eigenvalue weighted by atomic mass is 10.0. The Kier molecular flexibility index (Phi) is 13.0. The second-order valence-corrected chi connectivity index (χ2v) is 12.4. The molecule has 49 heavy (non-hydrogen) atoms. The fourth-order valence-electron chi connectivity index (χ4n) is 5.86. The maximum Gasteiger partial charge on any atom is 0.255 e. The van der Waals surface area contributed by atoms with E-state index in [4.69, 9.17) is 14.2 Å². The molecule has 1 saturated heterocycles. The zero-order valence-corrected chi connectivity index (χ0v) is 28.0. The molecule has 0 saturated carbocycles. The fraction of sp³-hybridized carbons (Fsp3) is 0.421. The summed E-state index contributed by atoms with van der Waals surface area (Å²) in [6.07, 6.45) is 3.70. The Morgan fingerprint density at radius 3 is 2.47 bits per heavy atom. The van der Waals surface area contributed by atoms with Gasteiger partial charge in [-0.1, -0.05) is 67.9 Å². The number of amides is 4. The van der Waals surface area contributed by atoms with Crippen molar-refractivity contribution in [1.29, 1.82) is 0 Å². The van der Waals surface area contributed by atoms with Gasteiger partial charge in [0.15, 0.2) is 0 Å². The van der Waals surface area contributed by atoms with E-state index in [1.165, 1.54) is 0 Å². The predicted molar refractivity (Wildman–Crippen MR) is 184 cm³/mol. The van der Waals surface area contributed by atoms with Crippen molar-refractivity contribution in [3.8, 4) is 11.5 Å². The third-order valence-electron chi connectivity index (χ3n) is 8.62. The lowest BCUT2D eigenvalue weighted by molar-refractivity contribution is -0.137. The zero-order chi connectivity index (χ0) is 34.4. The maximum absolute atomic E-state index is 14.0. The molecule has 11 heteroatoms. The Bertz CT molecular complexity index is 1540. The van der Waals surface area contributed by atoms with Crippen molar-refractivity contribution >= 4 is 23.6 Å². The van der Waals surface area contributed by atoms with E-state index in [0.717, 1.165) is 43.4 Å². The van der Waals surface area contributed by atoms with Crippen molar-refractivity contribution in [1.82, 2.24) is 20.9 Å². The van der Waals surface area contributed by atoms with E-state index in [1.54, 1.807) is 29.2 Å². The highest BCUT2D eigenvalue weighted by Crippen LogP contribution is 2.20. The van der Waals surface area contributed by atoms with Gasteiger partial charge in [-0.05, 0) is 54.7 Å². The van der Waals surface area contributed by atoms with Crippen molar-refractivity contribution in [3.05, 3.63) is 95.6 Å². The molecule has 2 aliphatic rings. The summed E-state index contributed by atoms with van der Waals surface area (Å²) in [5.41, 5.74) is 1.92. The molecule has 3 N–H and O–H groups in total. The number of fused-ring (bicyclic) bond motifs is 1. The number of hydrogen-bond donors (Lipinski definition) is 3. The third-order valence-corrected chi connectivity index (χ3v) is 8.62. The minimum Gasteiger partial charge on any atom is -0.491 e. The van der Waals surface area contributed by atoms with Crippen LogP contribution >= 0.6 is 0 Å². The number of hydrogen-bond acceptors (Lipinski definition) is 7. The molecular weight excluding hydrogens is 624 g/mol. The lowest BCUT2D eigenvalue weighted by Crippen LogP contribution is -2.54. The normalized spacial score (nSPS) is 20.3. The number of ether oxygens (including phenoxy) is 3. The Morgan fingerprint density at radius 2 is 1.71 bits per heavy atom. The number of carbonyl (C=O) groups is 4. The Hall–Kier alpha value is -4.90. The molecular formula is C38H46N4O7.